The van der Waals surface area contributed by atoms with Crippen molar-refractivity contribution in [2.24, 2.45) is 0 Å². The molecule has 0 spiro atoms. The number of benzene rings is 2. The lowest BCUT2D eigenvalue weighted by molar-refractivity contribution is 0.244. The van der Waals surface area contributed by atoms with E-state index in [0.29, 0.717) is 23.2 Å². The zero-order valence-electron chi connectivity index (χ0n) is 22.6. The third-order valence-electron chi connectivity index (χ3n) is 6.42. The van der Waals surface area contributed by atoms with Gasteiger partial charge in [-0.2, -0.15) is 4.98 Å². The van der Waals surface area contributed by atoms with Gasteiger partial charge in [-0.15, -0.1) is 0 Å². The maximum atomic E-state index is 12.9. The van der Waals surface area contributed by atoms with Gasteiger partial charge in [0.2, 0.25) is 5.95 Å². The zero-order chi connectivity index (χ0) is 27.4. The molecule has 1 saturated heterocycles. The van der Waals surface area contributed by atoms with Gasteiger partial charge < -0.3 is 20.3 Å². The second kappa shape index (κ2) is 11.8. The van der Waals surface area contributed by atoms with Crippen LogP contribution in [0.2, 0.25) is 5.02 Å². The van der Waals surface area contributed by atoms with Gasteiger partial charge in [-0.05, 0) is 77.6 Å². The Balaban J connectivity index is 1.66. The molecule has 1 fully saturated rings. The van der Waals surface area contributed by atoms with Crippen molar-refractivity contribution >= 4 is 50.3 Å². The van der Waals surface area contributed by atoms with Gasteiger partial charge in [-0.1, -0.05) is 23.7 Å². The van der Waals surface area contributed by atoms with E-state index < -0.39 is 15.1 Å². The Morgan fingerprint density at radius 1 is 1.00 bits per heavy atom. The second-order valence-electron chi connectivity index (χ2n) is 10.1. The fraction of sp³-hybridized carbons (Fsp3) is 0.429. The number of hydrogen-bond acceptors (Lipinski definition) is 8. The minimum Gasteiger partial charge on any atom is -0.489 e. The van der Waals surface area contributed by atoms with E-state index in [1.165, 1.54) is 31.1 Å². The molecule has 0 unspecified atom stereocenters. The van der Waals surface area contributed by atoms with Crippen LogP contribution in [-0.2, 0) is 9.84 Å². The highest BCUT2D eigenvalue weighted by molar-refractivity contribution is 7.92. The molecule has 204 valence electrons. The van der Waals surface area contributed by atoms with Gasteiger partial charge in [-0.25, -0.2) is 13.4 Å². The van der Waals surface area contributed by atoms with Gasteiger partial charge in [0.15, 0.2) is 15.7 Å². The standard InChI is InChI=1S/C28H36ClN5O3S/c1-18(2)37-25-16-24(34-13-9-6-10-14-34)20(5)15-23(25)32-28-30-17-21(29)27(33-28)31-22-11-7-8-12-26(22)38(35,36)19(3)4/h7-8,11-12,15-19H,6,9-10,13-14H2,1-5H3,(H2,30,31,32,33). The van der Waals surface area contributed by atoms with E-state index in [1.54, 1.807) is 38.1 Å². The molecule has 1 aliphatic rings. The van der Waals surface area contributed by atoms with Crippen LogP contribution in [0.1, 0.15) is 52.5 Å². The number of nitrogens with zero attached hydrogens (tertiary/aromatic N) is 3. The fourth-order valence-electron chi connectivity index (χ4n) is 4.44. The van der Waals surface area contributed by atoms with Gasteiger partial charge in [0, 0.05) is 24.8 Å². The number of aromatic nitrogens is 2. The van der Waals surface area contributed by atoms with Crippen molar-refractivity contribution in [1.82, 2.24) is 9.97 Å². The summed E-state index contributed by atoms with van der Waals surface area (Å²) >= 11 is 6.42. The molecule has 3 aromatic rings. The zero-order valence-corrected chi connectivity index (χ0v) is 24.2. The quantitative estimate of drug-likeness (QED) is 0.294. The molecular formula is C28H36ClN5O3S. The summed E-state index contributed by atoms with van der Waals surface area (Å²) in [4.78, 5) is 11.5. The molecule has 38 heavy (non-hydrogen) atoms. The van der Waals surface area contributed by atoms with E-state index in [9.17, 15) is 8.42 Å². The Hall–Kier alpha value is -3.04. The molecule has 8 nitrogen and oxygen atoms in total. The van der Waals surface area contributed by atoms with Crippen molar-refractivity contribution in [3.05, 3.63) is 53.2 Å². The highest BCUT2D eigenvalue weighted by Gasteiger charge is 2.23. The SMILES string of the molecule is Cc1cc(Nc2ncc(Cl)c(Nc3ccccc3S(=O)(=O)C(C)C)n2)c(OC(C)C)cc1N1CCCCC1. The first-order valence-corrected chi connectivity index (χ1v) is 14.9. The molecule has 1 aliphatic heterocycles. The van der Waals surface area contributed by atoms with Crippen molar-refractivity contribution in [2.45, 2.75) is 70.1 Å². The van der Waals surface area contributed by atoms with Gasteiger partial charge >= 0.3 is 0 Å². The van der Waals surface area contributed by atoms with E-state index in [-0.39, 0.29) is 16.0 Å². The number of piperidine rings is 1. The minimum atomic E-state index is -3.52. The summed E-state index contributed by atoms with van der Waals surface area (Å²) in [6, 6.07) is 10.9. The molecule has 0 atom stereocenters. The molecule has 4 rings (SSSR count). The molecule has 0 aliphatic carbocycles. The Morgan fingerprint density at radius 2 is 1.71 bits per heavy atom. The van der Waals surface area contributed by atoms with Crippen LogP contribution in [0.5, 0.6) is 5.75 Å². The van der Waals surface area contributed by atoms with Gasteiger partial charge in [-0.3, -0.25) is 0 Å². The summed E-state index contributed by atoms with van der Waals surface area (Å²) in [5, 5.41) is 6.08. The number of ether oxygens (including phenoxy) is 1. The number of hydrogen-bond donors (Lipinski definition) is 2. The lowest BCUT2D eigenvalue weighted by Gasteiger charge is -2.31. The van der Waals surface area contributed by atoms with Crippen LogP contribution in [0.25, 0.3) is 0 Å². The predicted molar refractivity (Wildman–Crippen MR) is 155 cm³/mol. The van der Waals surface area contributed by atoms with E-state index in [2.05, 4.69) is 44.6 Å². The maximum Gasteiger partial charge on any atom is 0.229 e. The highest BCUT2D eigenvalue weighted by Crippen LogP contribution is 2.37. The third kappa shape index (κ3) is 6.32. The van der Waals surface area contributed by atoms with Crippen LogP contribution < -0.4 is 20.3 Å². The summed E-state index contributed by atoms with van der Waals surface area (Å²) in [6.45, 7) is 11.5. The first-order chi connectivity index (χ1) is 18.1. The van der Waals surface area contributed by atoms with Crippen LogP contribution >= 0.6 is 11.6 Å². The minimum absolute atomic E-state index is 0.0183. The van der Waals surface area contributed by atoms with Crippen LogP contribution in [-0.4, -0.2) is 42.8 Å². The number of rotatable bonds is 9. The normalized spacial score (nSPS) is 14.2. The molecule has 10 heteroatoms. The number of anilines is 5. The molecule has 0 saturated carbocycles. The average molecular weight is 558 g/mol. The smallest absolute Gasteiger partial charge is 0.229 e. The van der Waals surface area contributed by atoms with Gasteiger partial charge in [0.1, 0.15) is 10.8 Å². The Labute approximate surface area is 230 Å². The van der Waals surface area contributed by atoms with Gasteiger partial charge in [0.25, 0.3) is 0 Å². The number of nitrogens with one attached hydrogen (secondary N) is 2. The summed E-state index contributed by atoms with van der Waals surface area (Å²) in [5.41, 5.74) is 3.45. The summed E-state index contributed by atoms with van der Waals surface area (Å²) in [7, 11) is -3.52. The van der Waals surface area contributed by atoms with Crippen LogP contribution in [0.3, 0.4) is 0 Å². The highest BCUT2D eigenvalue weighted by atomic mass is 35.5. The number of halogens is 1. The Morgan fingerprint density at radius 3 is 2.39 bits per heavy atom. The summed E-state index contributed by atoms with van der Waals surface area (Å²) in [6.07, 6.45) is 5.11. The number of para-hydroxylation sites is 1. The van der Waals surface area contributed by atoms with E-state index in [0.717, 1.165) is 24.3 Å². The second-order valence-corrected chi connectivity index (χ2v) is 13.0. The summed E-state index contributed by atoms with van der Waals surface area (Å²) < 4.78 is 32.0. The van der Waals surface area contributed by atoms with E-state index in [1.807, 2.05) is 13.8 Å². The van der Waals surface area contributed by atoms with Crippen LogP contribution in [0, 0.1) is 6.92 Å². The monoisotopic (exact) mass is 557 g/mol. The molecule has 0 amide bonds. The van der Waals surface area contributed by atoms with E-state index >= 15 is 0 Å². The molecule has 2 N–H and O–H groups in total. The maximum absolute atomic E-state index is 12.9. The average Bonchev–Trinajstić information content (AvgIpc) is 2.88. The van der Waals surface area contributed by atoms with Gasteiger partial charge in [0.05, 0.1) is 33.8 Å². The number of aryl methyl sites for hydroxylation is 1. The molecule has 2 aromatic carbocycles. The largest absolute Gasteiger partial charge is 0.489 e. The van der Waals surface area contributed by atoms with Crippen LogP contribution in [0.4, 0.5) is 28.8 Å². The molecule has 1 aromatic heterocycles. The summed E-state index contributed by atoms with van der Waals surface area (Å²) in [5.74, 6) is 1.32. The van der Waals surface area contributed by atoms with Crippen molar-refractivity contribution in [3.63, 3.8) is 0 Å². The predicted octanol–water partition coefficient (Wildman–Crippen LogP) is 6.89. The topological polar surface area (TPSA) is 96.5 Å². The van der Waals surface area contributed by atoms with Crippen molar-refractivity contribution < 1.29 is 13.2 Å². The third-order valence-corrected chi connectivity index (χ3v) is 8.90. The fourth-order valence-corrected chi connectivity index (χ4v) is 5.78. The molecule has 0 bridgehead atoms. The van der Waals surface area contributed by atoms with Crippen molar-refractivity contribution in [3.8, 4) is 5.75 Å². The first-order valence-electron chi connectivity index (χ1n) is 13.0. The molecule has 0 radical (unpaired) electrons. The number of sulfone groups is 1. The first kappa shape index (κ1) is 28.0. The molecular weight excluding hydrogens is 522 g/mol. The molecule has 2 heterocycles. The Kier molecular flexibility index (Phi) is 8.67. The lowest BCUT2D eigenvalue weighted by atomic mass is 10.1. The van der Waals surface area contributed by atoms with Crippen molar-refractivity contribution in [1.29, 1.82) is 0 Å². The van der Waals surface area contributed by atoms with Crippen LogP contribution in [0.15, 0.2) is 47.5 Å². The Bertz CT molecular complexity index is 1390. The lowest BCUT2D eigenvalue weighted by Crippen LogP contribution is -2.30. The van der Waals surface area contributed by atoms with E-state index in [4.69, 9.17) is 16.3 Å². The van der Waals surface area contributed by atoms with Crippen molar-refractivity contribution in [2.75, 3.05) is 28.6 Å².